The number of nitrogens with zero attached hydrogens (tertiary/aromatic N) is 2. The lowest BCUT2D eigenvalue weighted by Crippen LogP contribution is -2.13. The Hall–Kier alpha value is -3.45. The predicted molar refractivity (Wildman–Crippen MR) is 107 cm³/mol. The number of esters is 1. The number of carbonyl (C=O) groups is 2. The molecule has 0 atom stereocenters. The third-order valence-corrected chi connectivity index (χ3v) is 3.92. The molecule has 1 amide bonds. The Balaban J connectivity index is 1.61. The molecule has 28 heavy (non-hydrogen) atoms. The van der Waals surface area contributed by atoms with Crippen molar-refractivity contribution in [3.8, 4) is 0 Å². The van der Waals surface area contributed by atoms with Crippen LogP contribution in [-0.2, 0) is 4.74 Å². The summed E-state index contributed by atoms with van der Waals surface area (Å²) in [5, 5.41) is 6.38. The first-order valence-corrected chi connectivity index (χ1v) is 8.86. The van der Waals surface area contributed by atoms with Crippen LogP contribution in [0.1, 0.15) is 27.6 Å². The number of benzene rings is 2. The Kier molecular flexibility index (Phi) is 6.18. The van der Waals surface area contributed by atoms with Crippen LogP contribution < -0.4 is 10.6 Å². The largest absolute Gasteiger partial charge is 0.462 e. The van der Waals surface area contributed by atoms with Crippen molar-refractivity contribution in [1.29, 1.82) is 0 Å². The highest BCUT2D eigenvalue weighted by Crippen LogP contribution is 2.17. The highest BCUT2D eigenvalue weighted by molar-refractivity contribution is 6.30. The highest BCUT2D eigenvalue weighted by atomic mass is 35.5. The van der Waals surface area contributed by atoms with Crippen molar-refractivity contribution in [2.24, 2.45) is 0 Å². The Morgan fingerprint density at radius 2 is 1.54 bits per heavy atom. The smallest absolute Gasteiger partial charge is 0.338 e. The molecule has 0 unspecified atom stereocenters. The highest BCUT2D eigenvalue weighted by Gasteiger charge is 2.10. The molecular weight excluding hydrogens is 380 g/mol. The van der Waals surface area contributed by atoms with Crippen molar-refractivity contribution >= 4 is 40.8 Å². The van der Waals surface area contributed by atoms with Gasteiger partial charge in [0.25, 0.3) is 5.91 Å². The molecule has 2 N–H and O–H groups in total. The number of rotatable bonds is 6. The van der Waals surface area contributed by atoms with E-state index in [1.54, 1.807) is 55.5 Å². The number of anilines is 3. The minimum Gasteiger partial charge on any atom is -0.462 e. The lowest BCUT2D eigenvalue weighted by atomic mass is 10.2. The molecule has 1 aromatic heterocycles. The second kappa shape index (κ2) is 8.96. The average molecular weight is 397 g/mol. The molecule has 0 aliphatic rings. The second-order valence-corrected chi connectivity index (χ2v) is 6.12. The molecule has 3 aromatic rings. The summed E-state index contributed by atoms with van der Waals surface area (Å²) in [5.41, 5.74) is 2.04. The molecule has 8 heteroatoms. The number of ether oxygens (including phenoxy) is 1. The van der Waals surface area contributed by atoms with E-state index in [9.17, 15) is 9.59 Å². The lowest BCUT2D eigenvalue weighted by Gasteiger charge is -2.07. The van der Waals surface area contributed by atoms with Gasteiger partial charge in [0.1, 0.15) is 0 Å². The summed E-state index contributed by atoms with van der Waals surface area (Å²) in [7, 11) is 0. The summed E-state index contributed by atoms with van der Waals surface area (Å²) < 4.78 is 4.92. The van der Waals surface area contributed by atoms with E-state index in [0.717, 1.165) is 5.69 Å². The van der Waals surface area contributed by atoms with E-state index in [4.69, 9.17) is 16.3 Å². The predicted octanol–water partition coefficient (Wildman–Crippen LogP) is 4.30. The van der Waals surface area contributed by atoms with Gasteiger partial charge in [0.2, 0.25) is 5.95 Å². The zero-order chi connectivity index (χ0) is 19.9. The molecule has 142 valence electrons. The van der Waals surface area contributed by atoms with Crippen LogP contribution in [0, 0.1) is 0 Å². The molecule has 0 spiro atoms. The third-order valence-electron chi connectivity index (χ3n) is 3.67. The number of hydrogen-bond acceptors (Lipinski definition) is 6. The van der Waals surface area contributed by atoms with Gasteiger partial charge in [0.05, 0.1) is 17.7 Å². The molecule has 2 aromatic carbocycles. The fourth-order valence-electron chi connectivity index (χ4n) is 2.28. The van der Waals surface area contributed by atoms with Crippen molar-refractivity contribution in [1.82, 2.24) is 9.97 Å². The molecule has 1 heterocycles. The van der Waals surface area contributed by atoms with Crippen molar-refractivity contribution < 1.29 is 14.3 Å². The van der Waals surface area contributed by atoms with E-state index in [0.29, 0.717) is 34.4 Å². The van der Waals surface area contributed by atoms with Gasteiger partial charge in [-0.25, -0.2) is 14.8 Å². The van der Waals surface area contributed by atoms with E-state index < -0.39 is 5.97 Å². The number of amides is 1. The van der Waals surface area contributed by atoms with Crippen LogP contribution in [0.3, 0.4) is 0 Å². The minimum atomic E-state index is -0.405. The van der Waals surface area contributed by atoms with E-state index in [1.165, 1.54) is 12.4 Å². The summed E-state index contributed by atoms with van der Waals surface area (Å²) in [5.74, 6) is -0.405. The van der Waals surface area contributed by atoms with Crippen LogP contribution in [0.4, 0.5) is 17.3 Å². The Bertz CT molecular complexity index is 958. The summed E-state index contributed by atoms with van der Waals surface area (Å²) in [4.78, 5) is 32.2. The number of carbonyl (C=O) groups excluding carboxylic acids is 2. The van der Waals surface area contributed by atoms with Crippen LogP contribution in [-0.4, -0.2) is 28.5 Å². The Morgan fingerprint density at radius 1 is 0.929 bits per heavy atom. The van der Waals surface area contributed by atoms with E-state index in [-0.39, 0.29) is 5.91 Å². The molecular formula is C20H17ClN4O3. The molecule has 0 fully saturated rings. The number of aromatic nitrogens is 2. The van der Waals surface area contributed by atoms with Gasteiger partial charge in [0.15, 0.2) is 0 Å². The lowest BCUT2D eigenvalue weighted by molar-refractivity contribution is 0.0526. The first-order valence-electron chi connectivity index (χ1n) is 8.48. The summed E-state index contributed by atoms with van der Waals surface area (Å²) in [6.07, 6.45) is 2.85. The van der Waals surface area contributed by atoms with Crippen LogP contribution in [0.2, 0.25) is 5.02 Å². The fraction of sp³-hybridized carbons (Fsp3) is 0.100. The monoisotopic (exact) mass is 396 g/mol. The van der Waals surface area contributed by atoms with Crippen LogP contribution >= 0.6 is 11.6 Å². The van der Waals surface area contributed by atoms with Gasteiger partial charge in [-0.15, -0.1) is 0 Å². The SMILES string of the molecule is CCOC(=O)c1ccc(NC(=O)c2cnc(Nc3ccc(Cl)cc3)nc2)cc1. The standard InChI is InChI=1S/C20H17ClN4O3/c1-2-28-19(27)13-3-7-16(8-4-13)24-18(26)14-11-22-20(23-12-14)25-17-9-5-15(21)6-10-17/h3-12H,2H2,1H3,(H,24,26)(H,22,23,25). The first kappa shape index (κ1) is 19.3. The molecule has 7 nitrogen and oxygen atoms in total. The average Bonchev–Trinajstić information content (AvgIpc) is 2.71. The summed E-state index contributed by atoms with van der Waals surface area (Å²) >= 11 is 5.85. The molecule has 0 saturated heterocycles. The van der Waals surface area contributed by atoms with Crippen LogP contribution in [0.5, 0.6) is 0 Å². The Morgan fingerprint density at radius 3 is 2.14 bits per heavy atom. The van der Waals surface area contributed by atoms with Gasteiger partial charge in [0, 0.05) is 28.8 Å². The van der Waals surface area contributed by atoms with Crippen molar-refractivity contribution in [2.75, 3.05) is 17.2 Å². The fourth-order valence-corrected chi connectivity index (χ4v) is 2.41. The van der Waals surface area contributed by atoms with Crippen molar-refractivity contribution in [3.05, 3.63) is 77.1 Å². The van der Waals surface area contributed by atoms with Gasteiger partial charge in [-0.2, -0.15) is 0 Å². The van der Waals surface area contributed by atoms with Crippen LogP contribution in [0.25, 0.3) is 0 Å². The number of nitrogens with one attached hydrogen (secondary N) is 2. The van der Waals surface area contributed by atoms with Gasteiger partial charge < -0.3 is 15.4 Å². The Labute approximate surface area is 166 Å². The van der Waals surface area contributed by atoms with Crippen molar-refractivity contribution in [2.45, 2.75) is 6.92 Å². The molecule has 0 aliphatic heterocycles. The molecule has 0 aliphatic carbocycles. The molecule has 0 saturated carbocycles. The normalized spacial score (nSPS) is 10.2. The first-order chi connectivity index (χ1) is 13.5. The van der Waals surface area contributed by atoms with Gasteiger partial charge in [-0.05, 0) is 55.5 Å². The van der Waals surface area contributed by atoms with Crippen LogP contribution in [0.15, 0.2) is 60.9 Å². The van der Waals surface area contributed by atoms with Crippen molar-refractivity contribution in [3.63, 3.8) is 0 Å². The third kappa shape index (κ3) is 5.05. The zero-order valence-corrected chi connectivity index (χ0v) is 15.7. The maximum absolute atomic E-state index is 12.3. The molecule has 0 radical (unpaired) electrons. The van der Waals surface area contributed by atoms with Gasteiger partial charge in [-0.1, -0.05) is 11.6 Å². The summed E-state index contributed by atoms with van der Waals surface area (Å²) in [6.45, 7) is 2.05. The van der Waals surface area contributed by atoms with Gasteiger partial charge in [-0.3, -0.25) is 4.79 Å². The van der Waals surface area contributed by atoms with Gasteiger partial charge >= 0.3 is 5.97 Å². The molecule has 0 bridgehead atoms. The minimum absolute atomic E-state index is 0.302. The van der Waals surface area contributed by atoms with E-state index in [1.807, 2.05) is 0 Å². The summed E-state index contributed by atoms with van der Waals surface area (Å²) in [6, 6.07) is 13.5. The maximum atomic E-state index is 12.3. The maximum Gasteiger partial charge on any atom is 0.338 e. The van der Waals surface area contributed by atoms with E-state index >= 15 is 0 Å². The number of halogens is 1. The zero-order valence-electron chi connectivity index (χ0n) is 15.0. The molecule has 3 rings (SSSR count). The topological polar surface area (TPSA) is 93.2 Å². The number of hydrogen-bond donors (Lipinski definition) is 2. The second-order valence-electron chi connectivity index (χ2n) is 5.68. The quantitative estimate of drug-likeness (QED) is 0.603. The van der Waals surface area contributed by atoms with E-state index in [2.05, 4.69) is 20.6 Å².